The lowest BCUT2D eigenvalue weighted by Gasteiger charge is -2.02. The second-order valence-electron chi connectivity index (χ2n) is 2.64. The van der Waals surface area contributed by atoms with Gasteiger partial charge < -0.3 is 5.73 Å². The van der Waals surface area contributed by atoms with E-state index in [0.717, 1.165) is 0 Å². The Morgan fingerprint density at radius 2 is 1.93 bits per heavy atom. The van der Waals surface area contributed by atoms with Crippen LogP contribution in [0.1, 0.15) is 0 Å². The number of benzene rings is 1. The molecule has 0 radical (unpaired) electrons. The van der Waals surface area contributed by atoms with Crippen LogP contribution in [0.5, 0.6) is 0 Å². The fourth-order valence-electron chi connectivity index (χ4n) is 0.934. The van der Waals surface area contributed by atoms with Crippen molar-refractivity contribution in [1.29, 1.82) is 0 Å². The molecule has 7 nitrogen and oxygen atoms in total. The fourth-order valence-corrected chi connectivity index (χ4v) is 1.54. The van der Waals surface area contributed by atoms with E-state index in [-0.39, 0.29) is 0 Å². The van der Waals surface area contributed by atoms with Gasteiger partial charge in [0, 0.05) is 12.1 Å². The number of nitro benzene ring substituents is 1. The van der Waals surface area contributed by atoms with Crippen LogP contribution in [0.2, 0.25) is 0 Å². The molecule has 4 N–H and O–H groups in total. The highest BCUT2D eigenvalue weighted by Gasteiger charge is 2.22. The summed E-state index contributed by atoms with van der Waals surface area (Å²) < 4.78 is 34.7. The summed E-state index contributed by atoms with van der Waals surface area (Å²) in [5.41, 5.74) is 3.94. The van der Waals surface area contributed by atoms with Crippen molar-refractivity contribution >= 4 is 21.4 Å². The lowest BCUT2D eigenvalue weighted by atomic mass is 10.2. The standard InChI is InChI=1S/C6H6FN3O4S/c7-3-1-4(8)5(10(11)12)2-6(3)15(9,13)14/h1-2H,8H2,(H2,9,13,14). The molecule has 0 aromatic heterocycles. The first-order chi connectivity index (χ1) is 6.73. The largest absolute Gasteiger partial charge is 0.393 e. The molecule has 15 heavy (non-hydrogen) atoms. The van der Waals surface area contributed by atoms with Crippen molar-refractivity contribution in [1.82, 2.24) is 0 Å². The summed E-state index contributed by atoms with van der Waals surface area (Å²) in [6.07, 6.45) is 0. The van der Waals surface area contributed by atoms with Crippen LogP contribution in [0, 0.1) is 15.9 Å². The summed E-state index contributed by atoms with van der Waals surface area (Å²) in [6.45, 7) is 0. The molecule has 0 aliphatic carbocycles. The first-order valence-electron chi connectivity index (χ1n) is 3.49. The molecule has 0 atom stereocenters. The van der Waals surface area contributed by atoms with Gasteiger partial charge in [-0.2, -0.15) is 0 Å². The van der Waals surface area contributed by atoms with Gasteiger partial charge >= 0.3 is 0 Å². The molecule has 0 unspecified atom stereocenters. The van der Waals surface area contributed by atoms with Gasteiger partial charge in [0.05, 0.1) is 4.92 Å². The van der Waals surface area contributed by atoms with E-state index in [1.807, 2.05) is 0 Å². The number of nitrogen functional groups attached to an aromatic ring is 1. The summed E-state index contributed by atoms with van der Waals surface area (Å²) in [5.74, 6) is -1.22. The maximum atomic E-state index is 13.0. The van der Waals surface area contributed by atoms with Crippen LogP contribution < -0.4 is 10.9 Å². The number of halogens is 1. The Hall–Kier alpha value is -1.74. The van der Waals surface area contributed by atoms with Gasteiger partial charge in [-0.3, -0.25) is 10.1 Å². The van der Waals surface area contributed by atoms with E-state index in [1.165, 1.54) is 0 Å². The van der Waals surface area contributed by atoms with Crippen LogP contribution in [0.3, 0.4) is 0 Å². The molecule has 1 aromatic carbocycles. The van der Waals surface area contributed by atoms with Crippen molar-refractivity contribution in [2.75, 3.05) is 5.73 Å². The molecule has 0 saturated carbocycles. The molecule has 0 fully saturated rings. The van der Waals surface area contributed by atoms with Gasteiger partial charge in [0.25, 0.3) is 5.69 Å². The van der Waals surface area contributed by atoms with Crippen molar-refractivity contribution in [3.8, 4) is 0 Å². The maximum absolute atomic E-state index is 13.0. The normalized spacial score (nSPS) is 11.3. The number of hydrogen-bond donors (Lipinski definition) is 2. The van der Waals surface area contributed by atoms with Crippen LogP contribution in [-0.2, 0) is 10.0 Å². The smallest absolute Gasteiger partial charge is 0.293 e. The van der Waals surface area contributed by atoms with Crippen molar-refractivity contribution in [3.05, 3.63) is 28.1 Å². The topological polar surface area (TPSA) is 129 Å². The molecular weight excluding hydrogens is 229 g/mol. The van der Waals surface area contributed by atoms with Crippen LogP contribution in [-0.4, -0.2) is 13.3 Å². The Balaban J connectivity index is 3.58. The Kier molecular flexibility index (Phi) is 2.60. The quantitative estimate of drug-likeness (QED) is 0.422. The number of nitrogens with two attached hydrogens (primary N) is 2. The third kappa shape index (κ3) is 2.19. The lowest BCUT2D eigenvalue weighted by molar-refractivity contribution is -0.384. The minimum Gasteiger partial charge on any atom is -0.393 e. The summed E-state index contributed by atoms with van der Waals surface area (Å²) in [4.78, 5) is 8.50. The Bertz CT molecular complexity index is 527. The average Bonchev–Trinajstić information content (AvgIpc) is 2.00. The van der Waals surface area contributed by atoms with Gasteiger partial charge in [-0.1, -0.05) is 0 Å². The molecule has 0 spiro atoms. The van der Waals surface area contributed by atoms with Crippen LogP contribution in [0.15, 0.2) is 17.0 Å². The summed E-state index contributed by atoms with van der Waals surface area (Å²) in [5, 5.41) is 15.0. The van der Waals surface area contributed by atoms with E-state index >= 15 is 0 Å². The van der Waals surface area contributed by atoms with Crippen molar-refractivity contribution in [2.24, 2.45) is 5.14 Å². The zero-order chi connectivity index (χ0) is 11.8. The van der Waals surface area contributed by atoms with Gasteiger partial charge in [-0.15, -0.1) is 0 Å². The maximum Gasteiger partial charge on any atom is 0.293 e. The van der Waals surface area contributed by atoms with Crippen molar-refractivity contribution in [2.45, 2.75) is 4.90 Å². The molecule has 0 aliphatic rings. The number of hydrogen-bond acceptors (Lipinski definition) is 5. The highest BCUT2D eigenvalue weighted by Crippen LogP contribution is 2.26. The molecule has 82 valence electrons. The van der Waals surface area contributed by atoms with Gasteiger partial charge in [-0.05, 0) is 0 Å². The molecular formula is C6H6FN3O4S. The Morgan fingerprint density at radius 1 is 1.40 bits per heavy atom. The third-order valence-electron chi connectivity index (χ3n) is 1.58. The zero-order valence-electron chi connectivity index (χ0n) is 7.18. The van der Waals surface area contributed by atoms with Gasteiger partial charge in [-0.25, -0.2) is 17.9 Å². The SMILES string of the molecule is Nc1cc(F)c(S(N)(=O)=O)cc1[N+](=O)[O-]. The molecule has 0 amide bonds. The van der Waals surface area contributed by atoms with E-state index in [0.29, 0.717) is 12.1 Å². The van der Waals surface area contributed by atoms with E-state index in [1.54, 1.807) is 0 Å². The Labute approximate surface area is 83.7 Å². The van der Waals surface area contributed by atoms with Crippen LogP contribution in [0.25, 0.3) is 0 Å². The summed E-state index contributed by atoms with van der Waals surface area (Å²) >= 11 is 0. The minimum absolute atomic E-state index is 0.468. The third-order valence-corrected chi connectivity index (χ3v) is 2.51. The second-order valence-corrected chi connectivity index (χ2v) is 4.17. The summed E-state index contributed by atoms with van der Waals surface area (Å²) in [6, 6.07) is 1.03. The molecule has 9 heteroatoms. The van der Waals surface area contributed by atoms with E-state index < -0.39 is 37.0 Å². The first-order valence-corrected chi connectivity index (χ1v) is 5.04. The molecule has 0 aliphatic heterocycles. The van der Waals surface area contributed by atoms with E-state index in [2.05, 4.69) is 5.14 Å². The molecule has 0 saturated heterocycles. The molecule has 0 bridgehead atoms. The minimum atomic E-state index is -4.34. The van der Waals surface area contributed by atoms with Crippen molar-refractivity contribution < 1.29 is 17.7 Å². The van der Waals surface area contributed by atoms with Crippen LogP contribution >= 0.6 is 0 Å². The molecule has 0 heterocycles. The monoisotopic (exact) mass is 235 g/mol. The molecule has 1 rings (SSSR count). The number of nitrogens with zero attached hydrogens (tertiary/aromatic N) is 1. The zero-order valence-corrected chi connectivity index (χ0v) is 7.99. The number of anilines is 1. The van der Waals surface area contributed by atoms with Gasteiger partial charge in [0.2, 0.25) is 10.0 Å². The predicted molar refractivity (Wildman–Crippen MR) is 48.8 cm³/mol. The predicted octanol–water partition coefficient (Wildman–Crippen LogP) is -0.0365. The fraction of sp³-hybridized carbons (Fsp3) is 0. The Morgan fingerprint density at radius 3 is 2.33 bits per heavy atom. The van der Waals surface area contributed by atoms with Crippen molar-refractivity contribution in [3.63, 3.8) is 0 Å². The number of primary sulfonamides is 1. The van der Waals surface area contributed by atoms with Gasteiger partial charge in [0.15, 0.2) is 0 Å². The number of nitro groups is 1. The first kappa shape index (κ1) is 11.3. The number of sulfonamides is 1. The second kappa shape index (κ2) is 3.44. The molecule has 1 aromatic rings. The highest BCUT2D eigenvalue weighted by molar-refractivity contribution is 7.89. The average molecular weight is 235 g/mol. The summed E-state index contributed by atoms with van der Waals surface area (Å²) in [7, 11) is -4.34. The van der Waals surface area contributed by atoms with Crippen LogP contribution in [0.4, 0.5) is 15.8 Å². The van der Waals surface area contributed by atoms with E-state index in [9.17, 15) is 22.9 Å². The van der Waals surface area contributed by atoms with E-state index in [4.69, 9.17) is 5.73 Å². The van der Waals surface area contributed by atoms with Gasteiger partial charge in [0.1, 0.15) is 16.4 Å². The highest BCUT2D eigenvalue weighted by atomic mass is 32.2. The number of rotatable bonds is 2. The lowest BCUT2D eigenvalue weighted by Crippen LogP contribution is -2.15.